The van der Waals surface area contributed by atoms with Gasteiger partial charge in [-0.15, -0.1) is 0 Å². The van der Waals surface area contributed by atoms with Crippen molar-refractivity contribution in [3.8, 4) is 11.8 Å². The second kappa shape index (κ2) is 3.23. The van der Waals surface area contributed by atoms with Crippen LogP contribution < -0.4 is 5.73 Å². The van der Waals surface area contributed by atoms with E-state index < -0.39 is 17.9 Å². The Morgan fingerprint density at radius 3 is 2.69 bits per heavy atom. The molecule has 1 aromatic heterocycles. The second-order valence-corrected chi connectivity index (χ2v) is 2.23. The molecule has 0 spiro atoms. The highest BCUT2D eigenvalue weighted by Crippen LogP contribution is 2.32. The lowest BCUT2D eigenvalue weighted by molar-refractivity contribution is 0.142. The van der Waals surface area contributed by atoms with E-state index >= 15 is 0 Å². The van der Waals surface area contributed by atoms with Gasteiger partial charge in [0.25, 0.3) is 6.43 Å². The van der Waals surface area contributed by atoms with Gasteiger partial charge in [0.2, 0.25) is 0 Å². The van der Waals surface area contributed by atoms with Crippen molar-refractivity contribution in [3.63, 3.8) is 0 Å². The minimum absolute atomic E-state index is 0.123. The van der Waals surface area contributed by atoms with Gasteiger partial charge in [0, 0.05) is 6.20 Å². The molecule has 0 aliphatic carbocycles. The number of rotatable bonds is 1. The van der Waals surface area contributed by atoms with Crippen LogP contribution in [0, 0.1) is 11.3 Å². The number of pyridine rings is 1. The molecular formula is C7H5F2N3O. The highest BCUT2D eigenvalue weighted by Gasteiger charge is 2.18. The van der Waals surface area contributed by atoms with Crippen molar-refractivity contribution in [1.29, 1.82) is 5.26 Å². The molecule has 1 heterocycles. The van der Waals surface area contributed by atoms with Crippen molar-refractivity contribution in [2.75, 3.05) is 5.73 Å². The minimum atomic E-state index is -2.91. The molecule has 4 nitrogen and oxygen atoms in total. The number of anilines is 1. The number of aromatic nitrogens is 1. The molecule has 0 aliphatic rings. The maximum atomic E-state index is 12.1. The van der Waals surface area contributed by atoms with Crippen LogP contribution in [0.3, 0.4) is 0 Å². The summed E-state index contributed by atoms with van der Waals surface area (Å²) in [5.74, 6) is -0.825. The summed E-state index contributed by atoms with van der Waals surface area (Å²) in [5, 5.41) is 17.5. The van der Waals surface area contributed by atoms with Gasteiger partial charge >= 0.3 is 0 Å². The van der Waals surface area contributed by atoms with Crippen LogP contribution in [-0.4, -0.2) is 10.1 Å². The first kappa shape index (κ1) is 9.19. The van der Waals surface area contributed by atoms with Crippen molar-refractivity contribution in [1.82, 2.24) is 4.98 Å². The summed E-state index contributed by atoms with van der Waals surface area (Å²) >= 11 is 0. The normalized spacial score (nSPS) is 10.0. The molecule has 0 bridgehead atoms. The van der Waals surface area contributed by atoms with E-state index in [1.165, 1.54) is 0 Å². The fourth-order valence-electron chi connectivity index (χ4n) is 0.779. The fraction of sp³-hybridized carbons (Fsp3) is 0.143. The molecule has 3 N–H and O–H groups in total. The predicted octanol–water partition coefficient (Wildman–Crippen LogP) is 1.18. The second-order valence-electron chi connectivity index (χ2n) is 2.23. The summed E-state index contributed by atoms with van der Waals surface area (Å²) in [5.41, 5.74) is 3.89. The SMILES string of the molecule is N#Cc1cnc(C(F)F)c(O)c1N. The van der Waals surface area contributed by atoms with Crippen molar-refractivity contribution < 1.29 is 13.9 Å². The molecule has 0 aromatic carbocycles. The van der Waals surface area contributed by atoms with E-state index in [1.54, 1.807) is 6.07 Å². The molecule has 0 atom stereocenters. The first-order valence-electron chi connectivity index (χ1n) is 3.23. The van der Waals surface area contributed by atoms with E-state index in [2.05, 4.69) is 4.98 Å². The molecule has 0 amide bonds. The zero-order valence-electron chi connectivity index (χ0n) is 6.33. The van der Waals surface area contributed by atoms with E-state index in [0.717, 1.165) is 6.20 Å². The van der Waals surface area contributed by atoms with Gasteiger partial charge in [-0.2, -0.15) is 5.26 Å². The number of nitriles is 1. The standard InChI is InChI=1S/C7H5F2N3O/c8-7(9)5-6(13)4(11)3(1-10)2-12-5/h2,7,13H,(H2,11,12). The number of halogens is 2. The molecule has 0 fully saturated rings. The predicted molar refractivity (Wildman–Crippen MR) is 40.0 cm³/mol. The molecule has 0 aliphatic heterocycles. The van der Waals surface area contributed by atoms with Gasteiger partial charge in [-0.3, -0.25) is 0 Å². The molecule has 1 aromatic rings. The third-order valence-electron chi connectivity index (χ3n) is 1.45. The Kier molecular flexibility index (Phi) is 2.28. The van der Waals surface area contributed by atoms with E-state index in [9.17, 15) is 8.78 Å². The Bertz CT molecular complexity index is 373. The molecule has 0 unspecified atom stereocenters. The molecule has 13 heavy (non-hydrogen) atoms. The number of hydrogen-bond acceptors (Lipinski definition) is 4. The average Bonchev–Trinajstić information content (AvgIpc) is 2.09. The third-order valence-corrected chi connectivity index (χ3v) is 1.45. The van der Waals surface area contributed by atoms with Crippen LogP contribution in [0.1, 0.15) is 17.7 Å². The molecule has 6 heteroatoms. The number of aromatic hydroxyl groups is 1. The van der Waals surface area contributed by atoms with Crippen LogP contribution >= 0.6 is 0 Å². The highest BCUT2D eigenvalue weighted by molar-refractivity contribution is 5.63. The molecule has 0 saturated heterocycles. The first-order valence-corrected chi connectivity index (χ1v) is 3.23. The maximum Gasteiger partial charge on any atom is 0.284 e. The Labute approximate surface area is 72.2 Å². The van der Waals surface area contributed by atoms with Gasteiger partial charge < -0.3 is 10.8 Å². The van der Waals surface area contributed by atoms with Gasteiger partial charge in [0.1, 0.15) is 6.07 Å². The topological polar surface area (TPSA) is 82.9 Å². The van der Waals surface area contributed by atoms with Gasteiger partial charge in [0.05, 0.1) is 11.3 Å². The third kappa shape index (κ3) is 1.49. The quantitative estimate of drug-likeness (QED) is 0.688. The summed E-state index contributed by atoms with van der Waals surface area (Å²) in [7, 11) is 0. The monoisotopic (exact) mass is 185 g/mol. The smallest absolute Gasteiger partial charge is 0.284 e. The minimum Gasteiger partial charge on any atom is -0.504 e. The number of alkyl halides is 2. The summed E-state index contributed by atoms with van der Waals surface area (Å²) in [6.07, 6.45) is -2.01. The maximum absolute atomic E-state index is 12.1. The summed E-state index contributed by atoms with van der Waals surface area (Å²) in [4.78, 5) is 3.21. The van der Waals surface area contributed by atoms with Crippen LogP contribution in [0.2, 0.25) is 0 Å². The lowest BCUT2D eigenvalue weighted by atomic mass is 10.2. The molecule has 0 saturated carbocycles. The van der Waals surface area contributed by atoms with Gasteiger partial charge in [-0.1, -0.05) is 0 Å². The van der Waals surface area contributed by atoms with Crippen molar-refractivity contribution >= 4 is 5.69 Å². The van der Waals surface area contributed by atoms with E-state index in [-0.39, 0.29) is 11.3 Å². The molecule has 0 radical (unpaired) electrons. The zero-order valence-corrected chi connectivity index (χ0v) is 6.33. The van der Waals surface area contributed by atoms with Crippen LogP contribution in [0.25, 0.3) is 0 Å². The average molecular weight is 185 g/mol. The number of nitrogens with zero attached hydrogens (tertiary/aromatic N) is 2. The lowest BCUT2D eigenvalue weighted by Gasteiger charge is -2.05. The summed E-state index contributed by atoms with van der Waals surface area (Å²) in [6, 6.07) is 1.61. The Hall–Kier alpha value is -1.90. The van der Waals surface area contributed by atoms with E-state index in [4.69, 9.17) is 16.1 Å². The molecular weight excluding hydrogens is 180 g/mol. The van der Waals surface area contributed by atoms with E-state index in [1.807, 2.05) is 0 Å². The largest absolute Gasteiger partial charge is 0.504 e. The summed E-state index contributed by atoms with van der Waals surface area (Å²) < 4.78 is 24.2. The first-order chi connectivity index (χ1) is 6.07. The van der Waals surface area contributed by atoms with Crippen LogP contribution in [-0.2, 0) is 0 Å². The fourth-order valence-corrected chi connectivity index (χ4v) is 0.779. The van der Waals surface area contributed by atoms with Gasteiger partial charge in [0.15, 0.2) is 11.4 Å². The van der Waals surface area contributed by atoms with Crippen LogP contribution in [0.5, 0.6) is 5.75 Å². The van der Waals surface area contributed by atoms with Gasteiger partial charge in [-0.05, 0) is 0 Å². The van der Waals surface area contributed by atoms with Crippen molar-refractivity contribution in [2.24, 2.45) is 0 Å². The lowest BCUT2D eigenvalue weighted by Crippen LogP contribution is -1.98. The van der Waals surface area contributed by atoms with Crippen molar-refractivity contribution in [3.05, 3.63) is 17.5 Å². The van der Waals surface area contributed by atoms with Gasteiger partial charge in [-0.25, -0.2) is 13.8 Å². The Balaban J connectivity index is 3.33. The Morgan fingerprint density at radius 2 is 2.23 bits per heavy atom. The van der Waals surface area contributed by atoms with Crippen LogP contribution in [0.4, 0.5) is 14.5 Å². The number of hydrogen-bond donors (Lipinski definition) is 2. The van der Waals surface area contributed by atoms with Crippen molar-refractivity contribution in [2.45, 2.75) is 6.43 Å². The number of nitrogens with two attached hydrogens (primary N) is 1. The van der Waals surface area contributed by atoms with E-state index in [0.29, 0.717) is 0 Å². The van der Waals surface area contributed by atoms with Crippen LogP contribution in [0.15, 0.2) is 6.20 Å². The highest BCUT2D eigenvalue weighted by atomic mass is 19.3. The zero-order chi connectivity index (χ0) is 10.0. The summed E-state index contributed by atoms with van der Waals surface area (Å²) in [6.45, 7) is 0. The molecule has 68 valence electrons. The molecule has 1 rings (SSSR count). The number of nitrogen functional groups attached to an aromatic ring is 1. The Morgan fingerprint density at radius 1 is 1.62 bits per heavy atom.